The Labute approximate surface area is 101 Å². The lowest BCUT2D eigenvalue weighted by Gasteiger charge is -2.21. The average molecular weight is 238 g/mol. The van der Waals surface area contributed by atoms with Crippen LogP contribution >= 0.6 is 0 Å². The maximum atomic E-state index is 11.6. The summed E-state index contributed by atoms with van der Waals surface area (Å²) in [5.74, 6) is 0.488. The predicted octanol–water partition coefficient (Wildman–Crippen LogP) is 0.977. The first-order valence-corrected chi connectivity index (χ1v) is 5.39. The van der Waals surface area contributed by atoms with Crippen molar-refractivity contribution in [1.29, 1.82) is 0 Å². The summed E-state index contributed by atoms with van der Waals surface area (Å²) in [5.41, 5.74) is 6.34. The smallest absolute Gasteiger partial charge is 0.328 e. The first-order chi connectivity index (χ1) is 7.95. The third-order valence-electron chi connectivity index (χ3n) is 2.40. The van der Waals surface area contributed by atoms with Gasteiger partial charge in [-0.15, -0.1) is 0 Å². The zero-order chi connectivity index (χ0) is 13.0. The molecule has 0 bridgehead atoms. The Kier molecular flexibility index (Phi) is 4.25. The van der Waals surface area contributed by atoms with Crippen LogP contribution in [0.3, 0.4) is 0 Å². The van der Waals surface area contributed by atoms with Gasteiger partial charge >= 0.3 is 5.97 Å². The standard InChI is InChI=1S/C11H18N4O2/c1-6(2)8(10(16)17-4)14-9-7(3)5-13-11(12)15-9/h5-6,8H,1-4H3,(H3,12,13,14,15). The topological polar surface area (TPSA) is 90.1 Å². The van der Waals surface area contributed by atoms with Crippen LogP contribution in [-0.2, 0) is 9.53 Å². The van der Waals surface area contributed by atoms with Gasteiger partial charge in [-0.2, -0.15) is 4.98 Å². The summed E-state index contributed by atoms with van der Waals surface area (Å²) in [6, 6.07) is -0.451. The van der Waals surface area contributed by atoms with Gasteiger partial charge in [0.25, 0.3) is 0 Å². The molecule has 1 heterocycles. The number of anilines is 2. The monoisotopic (exact) mass is 238 g/mol. The molecule has 3 N–H and O–H groups in total. The summed E-state index contributed by atoms with van der Waals surface area (Å²) in [5, 5.41) is 3.03. The van der Waals surface area contributed by atoms with Crippen LogP contribution in [0, 0.1) is 12.8 Å². The number of hydrogen-bond donors (Lipinski definition) is 2. The average Bonchev–Trinajstić information content (AvgIpc) is 2.28. The summed E-state index contributed by atoms with van der Waals surface area (Å²) >= 11 is 0. The SMILES string of the molecule is COC(=O)C(Nc1nc(N)ncc1C)C(C)C. The van der Waals surface area contributed by atoms with E-state index in [2.05, 4.69) is 15.3 Å². The highest BCUT2D eigenvalue weighted by Crippen LogP contribution is 2.16. The summed E-state index contributed by atoms with van der Waals surface area (Å²) in [4.78, 5) is 19.5. The van der Waals surface area contributed by atoms with Crippen molar-refractivity contribution in [3.63, 3.8) is 0 Å². The van der Waals surface area contributed by atoms with Gasteiger partial charge in [-0.1, -0.05) is 13.8 Å². The number of methoxy groups -OCH3 is 1. The summed E-state index contributed by atoms with van der Waals surface area (Å²) < 4.78 is 4.74. The van der Waals surface area contributed by atoms with Gasteiger partial charge in [-0.3, -0.25) is 0 Å². The molecular formula is C11H18N4O2. The van der Waals surface area contributed by atoms with Crippen molar-refractivity contribution < 1.29 is 9.53 Å². The molecule has 0 spiro atoms. The van der Waals surface area contributed by atoms with Crippen molar-refractivity contribution in [3.05, 3.63) is 11.8 Å². The molecule has 17 heavy (non-hydrogen) atoms. The number of nitrogen functional groups attached to an aromatic ring is 1. The van der Waals surface area contributed by atoms with Gasteiger partial charge in [0.05, 0.1) is 7.11 Å². The quantitative estimate of drug-likeness (QED) is 0.760. The van der Waals surface area contributed by atoms with E-state index in [9.17, 15) is 4.79 Å². The molecule has 1 atom stereocenters. The molecule has 1 rings (SSSR count). The summed E-state index contributed by atoms with van der Waals surface area (Å²) in [7, 11) is 1.36. The second-order valence-electron chi connectivity index (χ2n) is 4.15. The van der Waals surface area contributed by atoms with Crippen molar-refractivity contribution in [2.75, 3.05) is 18.2 Å². The van der Waals surface area contributed by atoms with Crippen LogP contribution in [0.1, 0.15) is 19.4 Å². The van der Waals surface area contributed by atoms with Crippen molar-refractivity contribution in [2.45, 2.75) is 26.8 Å². The summed E-state index contributed by atoms with van der Waals surface area (Å²) in [6.45, 7) is 5.69. The Morgan fingerprint density at radius 2 is 2.18 bits per heavy atom. The number of aryl methyl sites for hydroxylation is 1. The Morgan fingerprint density at radius 1 is 1.53 bits per heavy atom. The molecular weight excluding hydrogens is 220 g/mol. The van der Waals surface area contributed by atoms with E-state index in [1.807, 2.05) is 20.8 Å². The molecule has 6 nitrogen and oxygen atoms in total. The Bertz CT molecular complexity index is 406. The van der Waals surface area contributed by atoms with Gasteiger partial charge in [0.1, 0.15) is 11.9 Å². The molecule has 0 aliphatic rings. The van der Waals surface area contributed by atoms with E-state index in [-0.39, 0.29) is 17.8 Å². The number of ether oxygens (including phenoxy) is 1. The van der Waals surface area contributed by atoms with Crippen LogP contribution < -0.4 is 11.1 Å². The highest BCUT2D eigenvalue weighted by Gasteiger charge is 2.23. The number of rotatable bonds is 4. The van der Waals surface area contributed by atoms with Gasteiger partial charge in [0.2, 0.25) is 5.95 Å². The minimum absolute atomic E-state index is 0.0815. The third kappa shape index (κ3) is 3.30. The zero-order valence-electron chi connectivity index (χ0n) is 10.5. The molecule has 0 aromatic carbocycles. The molecule has 0 aliphatic carbocycles. The number of esters is 1. The van der Waals surface area contributed by atoms with E-state index in [0.29, 0.717) is 5.82 Å². The largest absolute Gasteiger partial charge is 0.467 e. The van der Waals surface area contributed by atoms with Crippen LogP contribution in [0.2, 0.25) is 0 Å². The Morgan fingerprint density at radius 3 is 2.71 bits per heavy atom. The molecule has 0 aliphatic heterocycles. The lowest BCUT2D eigenvalue weighted by molar-refractivity contribution is -0.142. The molecule has 94 valence electrons. The van der Waals surface area contributed by atoms with E-state index >= 15 is 0 Å². The van der Waals surface area contributed by atoms with Crippen molar-refractivity contribution in [3.8, 4) is 0 Å². The zero-order valence-corrected chi connectivity index (χ0v) is 10.5. The summed E-state index contributed by atoms with van der Waals surface area (Å²) in [6.07, 6.45) is 1.61. The molecule has 6 heteroatoms. The van der Waals surface area contributed by atoms with Crippen LogP contribution in [0.5, 0.6) is 0 Å². The van der Waals surface area contributed by atoms with E-state index in [1.54, 1.807) is 6.20 Å². The number of aromatic nitrogens is 2. The van der Waals surface area contributed by atoms with Crippen LogP contribution in [0.25, 0.3) is 0 Å². The highest BCUT2D eigenvalue weighted by atomic mass is 16.5. The minimum atomic E-state index is -0.451. The van der Waals surface area contributed by atoms with Crippen LogP contribution in [0.4, 0.5) is 11.8 Å². The highest BCUT2D eigenvalue weighted by molar-refractivity contribution is 5.79. The third-order valence-corrected chi connectivity index (χ3v) is 2.40. The van der Waals surface area contributed by atoms with Crippen LogP contribution in [0.15, 0.2) is 6.20 Å². The number of carbonyl (C=O) groups excluding carboxylic acids is 1. The number of hydrogen-bond acceptors (Lipinski definition) is 6. The number of nitrogens with one attached hydrogen (secondary N) is 1. The first kappa shape index (κ1) is 13.2. The Balaban J connectivity index is 2.93. The maximum absolute atomic E-state index is 11.6. The van der Waals surface area contributed by atoms with Gasteiger partial charge in [0.15, 0.2) is 0 Å². The number of nitrogens with zero attached hydrogens (tertiary/aromatic N) is 2. The Hall–Kier alpha value is -1.85. The second kappa shape index (κ2) is 5.47. The molecule has 0 saturated heterocycles. The van der Waals surface area contributed by atoms with Crippen molar-refractivity contribution in [1.82, 2.24) is 9.97 Å². The van der Waals surface area contributed by atoms with Gasteiger partial charge in [0, 0.05) is 11.8 Å². The van der Waals surface area contributed by atoms with E-state index < -0.39 is 6.04 Å². The lowest BCUT2D eigenvalue weighted by atomic mass is 10.0. The normalized spacial score (nSPS) is 12.3. The van der Waals surface area contributed by atoms with Gasteiger partial charge in [-0.05, 0) is 12.8 Å². The molecule has 1 aromatic rings. The fourth-order valence-electron chi connectivity index (χ4n) is 1.37. The molecule has 0 radical (unpaired) electrons. The molecule has 1 unspecified atom stereocenters. The molecule has 0 fully saturated rings. The molecule has 0 saturated carbocycles. The molecule has 0 amide bonds. The van der Waals surface area contributed by atoms with Crippen molar-refractivity contribution >= 4 is 17.7 Å². The van der Waals surface area contributed by atoms with Gasteiger partial charge in [-0.25, -0.2) is 9.78 Å². The van der Waals surface area contributed by atoms with E-state index in [4.69, 9.17) is 10.5 Å². The first-order valence-electron chi connectivity index (χ1n) is 5.39. The number of nitrogens with two attached hydrogens (primary N) is 1. The molecule has 1 aromatic heterocycles. The van der Waals surface area contributed by atoms with Gasteiger partial charge < -0.3 is 15.8 Å². The number of carbonyl (C=O) groups is 1. The second-order valence-corrected chi connectivity index (χ2v) is 4.15. The predicted molar refractivity (Wildman–Crippen MR) is 65.4 cm³/mol. The van der Waals surface area contributed by atoms with E-state index in [0.717, 1.165) is 5.56 Å². The van der Waals surface area contributed by atoms with Crippen molar-refractivity contribution in [2.24, 2.45) is 5.92 Å². The fraction of sp³-hybridized carbons (Fsp3) is 0.545. The lowest BCUT2D eigenvalue weighted by Crippen LogP contribution is -2.36. The minimum Gasteiger partial charge on any atom is -0.467 e. The van der Waals surface area contributed by atoms with E-state index in [1.165, 1.54) is 7.11 Å². The fourth-order valence-corrected chi connectivity index (χ4v) is 1.37. The maximum Gasteiger partial charge on any atom is 0.328 e. The van der Waals surface area contributed by atoms with Crippen LogP contribution in [-0.4, -0.2) is 29.1 Å².